The summed E-state index contributed by atoms with van der Waals surface area (Å²) in [5.74, 6) is 0.149. The number of ether oxygens (including phenoxy) is 1. The van der Waals surface area contributed by atoms with Gasteiger partial charge in [-0.3, -0.25) is 14.9 Å². The van der Waals surface area contributed by atoms with Crippen LogP contribution in [0.15, 0.2) is 52.0 Å². The second-order valence-electron chi connectivity index (χ2n) is 6.79. The van der Waals surface area contributed by atoms with E-state index < -0.39 is 10.8 Å². The number of halogens is 1. The van der Waals surface area contributed by atoms with Crippen molar-refractivity contribution in [3.63, 3.8) is 0 Å². The Hall–Kier alpha value is -2.74. The quantitative estimate of drug-likeness (QED) is 0.419. The van der Waals surface area contributed by atoms with Gasteiger partial charge in [-0.15, -0.1) is 0 Å². The number of hydrogen-bond acceptors (Lipinski definition) is 5. The van der Waals surface area contributed by atoms with Gasteiger partial charge in [0.2, 0.25) is 0 Å². The molecule has 2 aromatic rings. The Balaban J connectivity index is 1.99. The molecule has 7 nitrogen and oxygen atoms in total. The van der Waals surface area contributed by atoms with Crippen LogP contribution in [0.25, 0.3) is 0 Å². The highest BCUT2D eigenvalue weighted by atomic mass is 79.9. The first kappa shape index (κ1) is 20.6. The van der Waals surface area contributed by atoms with Crippen LogP contribution in [-0.4, -0.2) is 23.7 Å². The van der Waals surface area contributed by atoms with Gasteiger partial charge in [-0.25, -0.2) is 5.43 Å². The maximum absolute atomic E-state index is 12.0. The van der Waals surface area contributed by atoms with Crippen LogP contribution in [0.3, 0.4) is 0 Å². The van der Waals surface area contributed by atoms with Crippen molar-refractivity contribution in [3.05, 3.63) is 68.2 Å². The molecule has 0 aromatic heterocycles. The largest absolute Gasteiger partial charge is 0.483 e. The van der Waals surface area contributed by atoms with Crippen LogP contribution in [0, 0.1) is 10.1 Å². The van der Waals surface area contributed by atoms with Crippen molar-refractivity contribution >= 4 is 33.7 Å². The third-order valence-corrected chi connectivity index (χ3v) is 4.13. The summed E-state index contributed by atoms with van der Waals surface area (Å²) in [6.07, 6.45) is 1.23. The standard InChI is InChI=1S/C19H20BrN3O4/c1-19(2,3)15-10-14(20)8-9-17(15)27-12-18(24)22-21-11-13-6-4-5-7-16(13)23(25)26/h4-11H,12H2,1-3H3,(H,22,24)/b21-11+. The van der Waals surface area contributed by atoms with E-state index in [-0.39, 0.29) is 17.7 Å². The first-order valence-electron chi connectivity index (χ1n) is 8.16. The highest BCUT2D eigenvalue weighted by Crippen LogP contribution is 2.33. The van der Waals surface area contributed by atoms with Gasteiger partial charge in [0, 0.05) is 16.1 Å². The van der Waals surface area contributed by atoms with Crippen molar-refractivity contribution in [2.45, 2.75) is 26.2 Å². The predicted octanol–water partition coefficient (Wildman–Crippen LogP) is 4.18. The average molecular weight is 434 g/mol. The number of amides is 1. The lowest BCUT2D eigenvalue weighted by Gasteiger charge is -2.23. The monoisotopic (exact) mass is 433 g/mol. The summed E-state index contributed by atoms with van der Waals surface area (Å²) in [6.45, 7) is 5.94. The smallest absolute Gasteiger partial charge is 0.278 e. The molecule has 0 saturated heterocycles. The molecule has 0 spiro atoms. The van der Waals surface area contributed by atoms with Gasteiger partial charge >= 0.3 is 0 Å². The van der Waals surface area contributed by atoms with Crippen molar-refractivity contribution in [3.8, 4) is 5.75 Å². The Labute approximate surface area is 165 Å². The summed E-state index contributed by atoms with van der Waals surface area (Å²) in [7, 11) is 0. The molecule has 0 heterocycles. The molecule has 0 aliphatic rings. The minimum absolute atomic E-state index is 0.0866. The van der Waals surface area contributed by atoms with Gasteiger partial charge in [-0.2, -0.15) is 5.10 Å². The molecule has 0 aliphatic carbocycles. The van der Waals surface area contributed by atoms with E-state index in [1.807, 2.05) is 12.1 Å². The molecule has 0 unspecified atom stereocenters. The fourth-order valence-corrected chi connectivity index (χ4v) is 2.69. The summed E-state index contributed by atoms with van der Waals surface area (Å²) >= 11 is 3.44. The molecule has 27 heavy (non-hydrogen) atoms. The van der Waals surface area contributed by atoms with E-state index in [0.29, 0.717) is 11.3 Å². The van der Waals surface area contributed by atoms with Crippen molar-refractivity contribution in [1.29, 1.82) is 0 Å². The number of nitro benzene ring substituents is 1. The van der Waals surface area contributed by atoms with Gasteiger partial charge in [-0.1, -0.05) is 48.8 Å². The third-order valence-electron chi connectivity index (χ3n) is 3.63. The Bertz CT molecular complexity index is 875. The van der Waals surface area contributed by atoms with Crippen LogP contribution in [0.4, 0.5) is 5.69 Å². The number of carbonyl (C=O) groups excluding carboxylic acids is 1. The second-order valence-corrected chi connectivity index (χ2v) is 7.70. The summed E-state index contributed by atoms with van der Waals surface area (Å²) in [5, 5.41) is 14.7. The molecule has 0 saturated carbocycles. The maximum atomic E-state index is 12.0. The zero-order chi connectivity index (χ0) is 20.0. The number of benzene rings is 2. The molecule has 142 valence electrons. The fraction of sp³-hybridized carbons (Fsp3) is 0.263. The number of nitrogens with zero attached hydrogens (tertiary/aromatic N) is 2. The highest BCUT2D eigenvalue weighted by Gasteiger charge is 2.20. The Morgan fingerprint density at radius 2 is 2.00 bits per heavy atom. The van der Waals surface area contributed by atoms with E-state index >= 15 is 0 Å². The van der Waals surface area contributed by atoms with Crippen molar-refractivity contribution < 1.29 is 14.5 Å². The molecular formula is C19H20BrN3O4. The molecule has 0 radical (unpaired) electrons. The van der Waals surface area contributed by atoms with E-state index in [0.717, 1.165) is 10.0 Å². The molecule has 0 fully saturated rings. The summed E-state index contributed by atoms with van der Waals surface area (Å²) in [4.78, 5) is 22.4. The Morgan fingerprint density at radius 3 is 2.67 bits per heavy atom. The lowest BCUT2D eigenvalue weighted by Crippen LogP contribution is -2.25. The maximum Gasteiger partial charge on any atom is 0.278 e. The number of para-hydroxylation sites is 1. The number of hydrazone groups is 1. The van der Waals surface area contributed by atoms with Crippen LogP contribution in [-0.2, 0) is 10.2 Å². The number of nitro groups is 1. The number of rotatable bonds is 6. The van der Waals surface area contributed by atoms with Crippen LogP contribution in [0.5, 0.6) is 5.75 Å². The molecular weight excluding hydrogens is 414 g/mol. The Kier molecular flexibility index (Phi) is 6.68. The van der Waals surface area contributed by atoms with Gasteiger partial charge in [0.25, 0.3) is 11.6 Å². The first-order valence-corrected chi connectivity index (χ1v) is 8.96. The van der Waals surface area contributed by atoms with Crippen molar-refractivity contribution in [1.82, 2.24) is 5.43 Å². The van der Waals surface area contributed by atoms with Crippen molar-refractivity contribution in [2.24, 2.45) is 5.10 Å². The zero-order valence-corrected chi connectivity index (χ0v) is 16.8. The fourth-order valence-electron chi connectivity index (χ4n) is 2.33. The minimum Gasteiger partial charge on any atom is -0.483 e. The first-order chi connectivity index (χ1) is 12.7. The lowest BCUT2D eigenvalue weighted by molar-refractivity contribution is -0.385. The lowest BCUT2D eigenvalue weighted by atomic mass is 9.86. The van der Waals surface area contributed by atoms with Gasteiger partial charge in [0.15, 0.2) is 6.61 Å². The molecule has 0 atom stereocenters. The van der Waals surface area contributed by atoms with Crippen LogP contribution in [0.2, 0.25) is 0 Å². The highest BCUT2D eigenvalue weighted by molar-refractivity contribution is 9.10. The zero-order valence-electron chi connectivity index (χ0n) is 15.2. The molecule has 8 heteroatoms. The second kappa shape index (κ2) is 8.77. The van der Waals surface area contributed by atoms with Gasteiger partial charge in [-0.05, 0) is 29.7 Å². The van der Waals surface area contributed by atoms with Gasteiger partial charge in [0.1, 0.15) is 5.75 Å². The number of nitrogens with one attached hydrogen (secondary N) is 1. The Morgan fingerprint density at radius 1 is 1.30 bits per heavy atom. The van der Waals surface area contributed by atoms with Crippen LogP contribution < -0.4 is 10.2 Å². The molecule has 2 aromatic carbocycles. The van der Waals surface area contributed by atoms with Gasteiger partial charge < -0.3 is 4.74 Å². The topological polar surface area (TPSA) is 93.8 Å². The van der Waals surface area contributed by atoms with E-state index in [2.05, 4.69) is 47.2 Å². The summed E-state index contributed by atoms with van der Waals surface area (Å²) in [6, 6.07) is 11.7. The van der Waals surface area contributed by atoms with E-state index in [1.165, 1.54) is 12.3 Å². The number of carbonyl (C=O) groups is 1. The summed E-state index contributed by atoms with van der Waals surface area (Å²) < 4.78 is 6.56. The van der Waals surface area contributed by atoms with E-state index in [1.54, 1.807) is 24.3 Å². The van der Waals surface area contributed by atoms with Crippen molar-refractivity contribution in [2.75, 3.05) is 6.61 Å². The van der Waals surface area contributed by atoms with E-state index in [9.17, 15) is 14.9 Å². The SMILES string of the molecule is CC(C)(C)c1cc(Br)ccc1OCC(=O)N/N=C/c1ccccc1[N+](=O)[O-]. The molecule has 1 amide bonds. The average Bonchev–Trinajstić information content (AvgIpc) is 2.60. The normalized spacial score (nSPS) is 11.4. The molecule has 0 bridgehead atoms. The molecule has 1 N–H and O–H groups in total. The van der Waals surface area contributed by atoms with Crippen LogP contribution in [0.1, 0.15) is 31.9 Å². The third kappa shape index (κ3) is 5.89. The van der Waals surface area contributed by atoms with E-state index in [4.69, 9.17) is 4.74 Å². The van der Waals surface area contributed by atoms with Gasteiger partial charge in [0.05, 0.1) is 16.7 Å². The molecule has 0 aliphatic heterocycles. The number of hydrogen-bond donors (Lipinski definition) is 1. The summed E-state index contributed by atoms with van der Waals surface area (Å²) in [5.41, 5.74) is 3.33. The van der Waals surface area contributed by atoms with Crippen LogP contribution >= 0.6 is 15.9 Å². The minimum atomic E-state index is -0.506. The predicted molar refractivity (Wildman–Crippen MR) is 107 cm³/mol. The molecule has 2 rings (SSSR count).